The third kappa shape index (κ3) is 5.91. The van der Waals surface area contributed by atoms with E-state index in [1.54, 1.807) is 24.3 Å². The Kier molecular flexibility index (Phi) is 5.98. The molecule has 18 heavy (non-hydrogen) atoms. The van der Waals surface area contributed by atoms with E-state index >= 15 is 0 Å². The molecular weight excluding hydrogens is 250 g/mol. The second-order valence-corrected chi connectivity index (χ2v) is 6.58. The third-order valence-corrected chi connectivity index (χ3v) is 4.30. The maximum Gasteiger partial charge on any atom is 0.153 e. The highest BCUT2D eigenvalue weighted by Gasteiger charge is 2.10. The molecule has 2 N–H and O–H groups in total. The molecule has 0 bridgehead atoms. The average molecular weight is 271 g/mol. The van der Waals surface area contributed by atoms with Crippen molar-refractivity contribution >= 4 is 15.5 Å². The van der Waals surface area contributed by atoms with Crippen molar-refractivity contribution in [3.8, 4) is 5.75 Å². The maximum absolute atomic E-state index is 11.6. The monoisotopic (exact) mass is 271 g/mol. The maximum atomic E-state index is 11.6. The van der Waals surface area contributed by atoms with Crippen LogP contribution in [0, 0.1) is 0 Å². The van der Waals surface area contributed by atoms with E-state index in [4.69, 9.17) is 10.5 Å². The lowest BCUT2D eigenvalue weighted by atomic mass is 10.3. The van der Waals surface area contributed by atoms with Gasteiger partial charge in [0.2, 0.25) is 0 Å². The summed E-state index contributed by atoms with van der Waals surface area (Å²) in [6, 6.07) is 6.92. The quantitative estimate of drug-likeness (QED) is 0.581. The van der Waals surface area contributed by atoms with E-state index in [1.165, 1.54) is 0 Å². The number of unbranched alkanes of at least 4 members (excludes halogenated alkanes) is 2. The Morgan fingerprint density at radius 1 is 1.11 bits per heavy atom. The van der Waals surface area contributed by atoms with Crippen LogP contribution < -0.4 is 10.5 Å². The number of anilines is 1. The summed E-state index contributed by atoms with van der Waals surface area (Å²) >= 11 is 0. The van der Waals surface area contributed by atoms with Crippen LogP contribution in [0.1, 0.15) is 26.2 Å². The molecule has 0 saturated carbocycles. The molecule has 0 fully saturated rings. The molecule has 0 saturated heterocycles. The van der Waals surface area contributed by atoms with Gasteiger partial charge in [-0.2, -0.15) is 0 Å². The molecule has 0 aliphatic rings. The fourth-order valence-corrected chi connectivity index (χ4v) is 2.71. The van der Waals surface area contributed by atoms with Crippen LogP contribution in [0.15, 0.2) is 24.3 Å². The van der Waals surface area contributed by atoms with Gasteiger partial charge < -0.3 is 10.5 Å². The van der Waals surface area contributed by atoms with Gasteiger partial charge in [0.1, 0.15) is 12.4 Å². The minimum absolute atomic E-state index is 0.0705. The summed E-state index contributed by atoms with van der Waals surface area (Å²) in [6.45, 7) is 2.25. The summed E-state index contributed by atoms with van der Waals surface area (Å²) in [6.07, 6.45) is 2.72. The second kappa shape index (κ2) is 7.26. The predicted octanol–water partition coefficient (Wildman–Crippen LogP) is 2.25. The van der Waals surface area contributed by atoms with Crippen molar-refractivity contribution in [3.05, 3.63) is 24.3 Å². The summed E-state index contributed by atoms with van der Waals surface area (Å²) < 4.78 is 28.7. The van der Waals surface area contributed by atoms with Gasteiger partial charge in [0.25, 0.3) is 0 Å². The van der Waals surface area contributed by atoms with Crippen molar-refractivity contribution in [2.24, 2.45) is 0 Å². The van der Waals surface area contributed by atoms with E-state index in [1.807, 2.05) is 0 Å². The topological polar surface area (TPSA) is 69.4 Å². The summed E-state index contributed by atoms with van der Waals surface area (Å²) in [5.41, 5.74) is 6.20. The standard InChI is InChI=1S/C13H21NO3S/c1-2-3-4-10-18(15,16)11-9-17-13-7-5-12(14)6-8-13/h5-8H,2-4,9-11,14H2,1H3. The van der Waals surface area contributed by atoms with E-state index in [0.29, 0.717) is 11.4 Å². The third-order valence-electron chi connectivity index (χ3n) is 2.60. The molecule has 0 spiro atoms. The number of nitrogen functional groups attached to an aromatic ring is 1. The van der Waals surface area contributed by atoms with Gasteiger partial charge in [-0.15, -0.1) is 0 Å². The zero-order chi connectivity index (χ0) is 13.4. The number of benzene rings is 1. The minimum atomic E-state index is -2.98. The molecule has 1 aromatic carbocycles. The van der Waals surface area contributed by atoms with E-state index in [2.05, 4.69) is 6.92 Å². The van der Waals surface area contributed by atoms with E-state index in [9.17, 15) is 8.42 Å². The first-order valence-corrected chi connectivity index (χ1v) is 8.04. The molecule has 1 aromatic rings. The Hall–Kier alpha value is -1.23. The highest BCUT2D eigenvalue weighted by atomic mass is 32.2. The van der Waals surface area contributed by atoms with Crippen molar-refractivity contribution < 1.29 is 13.2 Å². The summed E-state index contributed by atoms with van der Waals surface area (Å²) in [5, 5.41) is 0. The lowest BCUT2D eigenvalue weighted by Gasteiger charge is -2.07. The predicted molar refractivity (Wildman–Crippen MR) is 74.5 cm³/mol. The lowest BCUT2D eigenvalue weighted by Crippen LogP contribution is -2.17. The minimum Gasteiger partial charge on any atom is -0.493 e. The molecule has 5 heteroatoms. The molecule has 0 atom stereocenters. The van der Waals surface area contributed by atoms with Crippen LogP contribution in [0.3, 0.4) is 0 Å². The SMILES string of the molecule is CCCCCS(=O)(=O)CCOc1ccc(N)cc1. The van der Waals surface area contributed by atoms with E-state index < -0.39 is 9.84 Å². The molecule has 0 heterocycles. The van der Waals surface area contributed by atoms with Crippen LogP contribution in [0.25, 0.3) is 0 Å². The number of rotatable bonds is 8. The van der Waals surface area contributed by atoms with E-state index in [-0.39, 0.29) is 18.1 Å². The Labute approximate surface area is 109 Å². The Morgan fingerprint density at radius 3 is 2.39 bits per heavy atom. The largest absolute Gasteiger partial charge is 0.493 e. The molecule has 0 aromatic heterocycles. The Balaban J connectivity index is 2.30. The van der Waals surface area contributed by atoms with Gasteiger partial charge in [-0.05, 0) is 30.7 Å². The van der Waals surface area contributed by atoms with Crippen molar-refractivity contribution in [1.82, 2.24) is 0 Å². The number of hydrogen-bond acceptors (Lipinski definition) is 4. The molecule has 0 aliphatic heterocycles. The first-order valence-electron chi connectivity index (χ1n) is 6.22. The fourth-order valence-electron chi connectivity index (χ4n) is 1.52. The Bertz CT molecular complexity index is 440. The normalized spacial score (nSPS) is 11.4. The van der Waals surface area contributed by atoms with Crippen LogP contribution in [0.5, 0.6) is 5.75 Å². The number of sulfone groups is 1. The molecule has 102 valence electrons. The van der Waals surface area contributed by atoms with Crippen LogP contribution in [-0.4, -0.2) is 26.5 Å². The smallest absolute Gasteiger partial charge is 0.153 e. The molecule has 0 aliphatic carbocycles. The van der Waals surface area contributed by atoms with Crippen LogP contribution >= 0.6 is 0 Å². The molecular formula is C13H21NO3S. The molecule has 1 rings (SSSR count). The zero-order valence-corrected chi connectivity index (χ0v) is 11.6. The molecule has 0 amide bonds. The molecule has 0 unspecified atom stereocenters. The van der Waals surface area contributed by atoms with Gasteiger partial charge in [-0.3, -0.25) is 0 Å². The fraction of sp³-hybridized carbons (Fsp3) is 0.538. The zero-order valence-electron chi connectivity index (χ0n) is 10.8. The van der Waals surface area contributed by atoms with Gasteiger partial charge >= 0.3 is 0 Å². The Morgan fingerprint density at radius 2 is 1.78 bits per heavy atom. The van der Waals surface area contributed by atoms with Gasteiger partial charge in [0.05, 0.1) is 11.5 Å². The highest BCUT2D eigenvalue weighted by molar-refractivity contribution is 7.91. The van der Waals surface area contributed by atoms with Crippen LogP contribution in [-0.2, 0) is 9.84 Å². The second-order valence-electron chi connectivity index (χ2n) is 4.28. The number of ether oxygens (including phenoxy) is 1. The number of hydrogen-bond donors (Lipinski definition) is 1. The van der Waals surface area contributed by atoms with Gasteiger partial charge in [-0.25, -0.2) is 8.42 Å². The van der Waals surface area contributed by atoms with Gasteiger partial charge in [-0.1, -0.05) is 19.8 Å². The summed E-state index contributed by atoms with van der Waals surface area (Å²) in [4.78, 5) is 0. The van der Waals surface area contributed by atoms with Crippen LogP contribution in [0.4, 0.5) is 5.69 Å². The van der Waals surface area contributed by atoms with E-state index in [0.717, 1.165) is 19.3 Å². The highest BCUT2D eigenvalue weighted by Crippen LogP contribution is 2.13. The van der Waals surface area contributed by atoms with Crippen molar-refractivity contribution in [3.63, 3.8) is 0 Å². The summed E-state index contributed by atoms with van der Waals surface area (Å²) in [5.74, 6) is 0.973. The first kappa shape index (κ1) is 14.8. The van der Waals surface area contributed by atoms with Crippen molar-refractivity contribution in [2.75, 3.05) is 23.8 Å². The van der Waals surface area contributed by atoms with Crippen molar-refractivity contribution in [1.29, 1.82) is 0 Å². The van der Waals surface area contributed by atoms with Gasteiger partial charge in [0.15, 0.2) is 9.84 Å². The summed E-state index contributed by atoms with van der Waals surface area (Å²) in [7, 11) is -2.98. The number of nitrogens with two attached hydrogens (primary N) is 1. The average Bonchev–Trinajstić information content (AvgIpc) is 2.32. The molecule has 0 radical (unpaired) electrons. The first-order chi connectivity index (χ1) is 8.53. The van der Waals surface area contributed by atoms with Crippen molar-refractivity contribution in [2.45, 2.75) is 26.2 Å². The lowest BCUT2D eigenvalue weighted by molar-refractivity contribution is 0.341. The molecule has 4 nitrogen and oxygen atoms in total. The van der Waals surface area contributed by atoms with Crippen LogP contribution in [0.2, 0.25) is 0 Å². The van der Waals surface area contributed by atoms with Gasteiger partial charge in [0, 0.05) is 5.69 Å².